The molecule has 2 heterocycles. The van der Waals surface area contributed by atoms with Gasteiger partial charge in [-0.25, -0.2) is 18.6 Å². The average Bonchev–Trinajstić information content (AvgIpc) is 3.26. The third-order valence-electron chi connectivity index (χ3n) is 6.48. The van der Waals surface area contributed by atoms with E-state index in [1.165, 1.54) is 34.4 Å². The van der Waals surface area contributed by atoms with Crippen molar-refractivity contribution < 1.29 is 23.2 Å². The molecule has 4 aromatic rings. The van der Waals surface area contributed by atoms with E-state index in [-0.39, 0.29) is 30.0 Å². The van der Waals surface area contributed by atoms with Crippen molar-refractivity contribution in [1.29, 1.82) is 0 Å². The van der Waals surface area contributed by atoms with Crippen molar-refractivity contribution in [1.82, 2.24) is 19.6 Å². The molecule has 0 fully saturated rings. The van der Waals surface area contributed by atoms with Crippen molar-refractivity contribution in [3.05, 3.63) is 117 Å². The minimum atomic E-state index is -4.24. The van der Waals surface area contributed by atoms with Crippen molar-refractivity contribution in [2.45, 2.75) is 30.5 Å². The van der Waals surface area contributed by atoms with Gasteiger partial charge >= 0.3 is 0 Å². The van der Waals surface area contributed by atoms with Gasteiger partial charge in [-0.15, -0.1) is 0 Å². The van der Waals surface area contributed by atoms with Crippen molar-refractivity contribution in [2.75, 3.05) is 6.54 Å². The van der Waals surface area contributed by atoms with Gasteiger partial charge in [0.25, 0.3) is 11.5 Å². The number of sulfonamides is 1. The molecule has 1 aromatic heterocycles. The summed E-state index contributed by atoms with van der Waals surface area (Å²) in [6.45, 7) is 0.364. The number of fused-ring (bicyclic) bond motifs is 1. The fraction of sp³-hybridized carbons (Fsp3) is 0.185. The highest BCUT2D eigenvalue weighted by atomic mass is 35.5. The number of carbonyl (C=O) groups is 1. The van der Waals surface area contributed by atoms with E-state index in [0.717, 1.165) is 15.4 Å². The predicted octanol–water partition coefficient (Wildman–Crippen LogP) is 3.25. The topological polar surface area (TPSA) is 134 Å². The fourth-order valence-corrected chi connectivity index (χ4v) is 6.39. The molecule has 3 aromatic carbocycles. The Balaban J connectivity index is 1.42. The lowest BCUT2D eigenvalue weighted by atomic mass is 10.0. The molecule has 1 unspecified atom stereocenters. The summed E-state index contributed by atoms with van der Waals surface area (Å²) in [5.74, 6) is -0.564. The van der Waals surface area contributed by atoms with E-state index in [0.29, 0.717) is 23.1 Å². The number of rotatable bonds is 8. The number of hydrogen-bond donors (Lipinski definition) is 3. The van der Waals surface area contributed by atoms with Crippen molar-refractivity contribution in [2.24, 2.45) is 0 Å². The van der Waals surface area contributed by atoms with Crippen LogP contribution in [0.4, 0.5) is 0 Å². The minimum absolute atomic E-state index is 0.0405. The van der Waals surface area contributed by atoms with Gasteiger partial charge in [-0.2, -0.15) is 4.31 Å². The Labute approximate surface area is 229 Å². The summed E-state index contributed by atoms with van der Waals surface area (Å²) in [6.07, 6.45) is 0.166. The molecule has 1 aliphatic rings. The number of hydrogen-bond acceptors (Lipinski definition) is 6. The molecule has 5 rings (SSSR count). The molecule has 0 aliphatic carbocycles. The van der Waals surface area contributed by atoms with Gasteiger partial charge in [0.05, 0.1) is 17.0 Å². The molecule has 0 saturated carbocycles. The first-order valence-corrected chi connectivity index (χ1v) is 13.9. The van der Waals surface area contributed by atoms with Crippen LogP contribution in [-0.4, -0.2) is 40.2 Å². The first kappa shape index (κ1) is 26.7. The zero-order valence-corrected chi connectivity index (χ0v) is 22.2. The summed E-state index contributed by atoms with van der Waals surface area (Å²) >= 11 is 6.06. The van der Waals surface area contributed by atoms with Crippen LogP contribution >= 0.6 is 11.6 Å². The number of ether oxygens (including phenoxy) is 1. The number of aromatic nitrogens is 2. The molecule has 10 nitrogen and oxygen atoms in total. The highest BCUT2D eigenvalue weighted by Crippen LogP contribution is 2.33. The molecule has 3 N–H and O–H groups in total. The Hall–Kier alpha value is -3.90. The number of halogens is 1. The van der Waals surface area contributed by atoms with Crippen LogP contribution in [0.25, 0.3) is 0 Å². The van der Waals surface area contributed by atoms with Gasteiger partial charge in [-0.3, -0.25) is 19.9 Å². The molecular formula is C27H25ClN4O6S. The zero-order valence-electron chi connectivity index (χ0n) is 20.6. The van der Waals surface area contributed by atoms with E-state index in [2.05, 4.69) is 5.10 Å². The van der Waals surface area contributed by atoms with Gasteiger partial charge < -0.3 is 4.74 Å². The lowest BCUT2D eigenvalue weighted by Crippen LogP contribution is -2.48. The average molecular weight is 569 g/mol. The predicted molar refractivity (Wildman–Crippen MR) is 143 cm³/mol. The molecule has 0 spiro atoms. The maximum atomic E-state index is 13.7. The van der Waals surface area contributed by atoms with Gasteiger partial charge in [-0.1, -0.05) is 54.1 Å². The summed E-state index contributed by atoms with van der Waals surface area (Å²) in [5.41, 5.74) is 3.04. The zero-order chi connectivity index (χ0) is 27.6. The van der Waals surface area contributed by atoms with Crippen molar-refractivity contribution >= 4 is 27.5 Å². The Morgan fingerprint density at radius 2 is 1.77 bits per heavy atom. The Kier molecular flexibility index (Phi) is 7.58. The highest BCUT2D eigenvalue weighted by Gasteiger charge is 2.43. The van der Waals surface area contributed by atoms with Crippen LogP contribution in [-0.2, 0) is 34.4 Å². The smallest absolute Gasteiger partial charge is 0.272 e. The van der Waals surface area contributed by atoms with Gasteiger partial charge in [-0.05, 0) is 47.5 Å². The molecule has 1 aliphatic heterocycles. The molecule has 39 heavy (non-hydrogen) atoms. The Bertz CT molecular complexity index is 1650. The van der Waals surface area contributed by atoms with Gasteiger partial charge in [0.15, 0.2) is 0 Å². The van der Waals surface area contributed by atoms with E-state index >= 15 is 0 Å². The quantitative estimate of drug-likeness (QED) is 0.221. The lowest BCUT2D eigenvalue weighted by Gasteiger charge is -2.32. The number of nitrogens with one attached hydrogen (secondary N) is 2. The molecule has 0 bridgehead atoms. The summed E-state index contributed by atoms with van der Waals surface area (Å²) < 4.78 is 35.3. The van der Waals surface area contributed by atoms with Crippen LogP contribution in [0.3, 0.4) is 0 Å². The lowest BCUT2D eigenvalue weighted by molar-refractivity contribution is -0.133. The maximum Gasteiger partial charge on any atom is 0.272 e. The molecular weight excluding hydrogens is 544 g/mol. The van der Waals surface area contributed by atoms with E-state index in [9.17, 15) is 23.2 Å². The van der Waals surface area contributed by atoms with Crippen LogP contribution in [0.2, 0.25) is 5.02 Å². The van der Waals surface area contributed by atoms with E-state index in [4.69, 9.17) is 16.3 Å². The number of benzene rings is 3. The highest BCUT2D eigenvalue weighted by molar-refractivity contribution is 7.89. The molecule has 0 saturated heterocycles. The second kappa shape index (κ2) is 11.1. The number of aromatic amines is 1. The molecule has 0 radical (unpaired) electrons. The minimum Gasteiger partial charge on any atom is -0.489 e. The summed E-state index contributed by atoms with van der Waals surface area (Å²) in [7, 11) is -4.24. The normalized spacial score (nSPS) is 15.5. The van der Waals surface area contributed by atoms with Crippen LogP contribution in [0, 0.1) is 0 Å². The second-order valence-corrected chi connectivity index (χ2v) is 11.3. The van der Waals surface area contributed by atoms with Crippen LogP contribution in [0.15, 0.2) is 88.6 Å². The molecule has 1 amide bonds. The van der Waals surface area contributed by atoms with Gasteiger partial charge in [0.2, 0.25) is 10.0 Å². The number of hydroxylamine groups is 1. The number of amides is 1. The Morgan fingerprint density at radius 3 is 2.46 bits per heavy atom. The molecule has 202 valence electrons. The van der Waals surface area contributed by atoms with Gasteiger partial charge in [0, 0.05) is 23.7 Å². The first-order valence-electron chi connectivity index (χ1n) is 12.1. The Morgan fingerprint density at radius 1 is 1.05 bits per heavy atom. The third kappa shape index (κ3) is 5.48. The van der Waals surface area contributed by atoms with E-state index < -0.39 is 27.5 Å². The monoisotopic (exact) mass is 568 g/mol. The largest absolute Gasteiger partial charge is 0.489 e. The summed E-state index contributed by atoms with van der Waals surface area (Å²) in [6, 6.07) is 20.7. The summed E-state index contributed by atoms with van der Waals surface area (Å²) in [4.78, 5) is 26.1. The standard InChI is InChI=1S/C27H25ClN4O6S/c28-20-8-4-7-19(15-20)16-31-27(34)24-23(29-31)13-14-32(25(24)26(33)30-35)39(36,37)22-11-9-21(10-12-22)38-17-18-5-2-1-3-6-18/h1-12,15,25,29,35H,13-14,16-17H2,(H,30,33). The van der Waals surface area contributed by atoms with Crippen molar-refractivity contribution in [3.8, 4) is 5.75 Å². The fourth-order valence-electron chi connectivity index (χ4n) is 4.61. The van der Waals surface area contributed by atoms with Crippen LogP contribution in [0.5, 0.6) is 5.75 Å². The van der Waals surface area contributed by atoms with Crippen LogP contribution < -0.4 is 15.8 Å². The molecule has 1 atom stereocenters. The maximum absolute atomic E-state index is 13.7. The number of H-pyrrole nitrogens is 1. The number of nitrogens with zero attached hydrogens (tertiary/aromatic N) is 2. The van der Waals surface area contributed by atoms with Gasteiger partial charge in [0.1, 0.15) is 18.4 Å². The van der Waals surface area contributed by atoms with Crippen molar-refractivity contribution in [3.63, 3.8) is 0 Å². The van der Waals surface area contributed by atoms with E-state index in [1.54, 1.807) is 24.3 Å². The number of carbonyl (C=O) groups excluding carboxylic acids is 1. The van der Waals surface area contributed by atoms with E-state index in [1.807, 2.05) is 30.3 Å². The second-order valence-electron chi connectivity index (χ2n) is 9.02. The summed E-state index contributed by atoms with van der Waals surface area (Å²) in [5, 5.41) is 12.9. The third-order valence-corrected chi connectivity index (χ3v) is 8.59. The molecule has 12 heteroatoms. The first-order chi connectivity index (χ1) is 18.8. The van der Waals surface area contributed by atoms with Crippen LogP contribution in [0.1, 0.15) is 28.4 Å². The SMILES string of the molecule is O=C(NO)C1c2c([nH]n(Cc3cccc(Cl)c3)c2=O)CCN1S(=O)(=O)c1ccc(OCc2ccccc2)cc1.